The van der Waals surface area contributed by atoms with E-state index in [1.165, 1.54) is 5.57 Å². The largest absolute Gasteiger partial charge is 0.494 e. The average Bonchev–Trinajstić information content (AvgIpc) is 3.31. The SMILES string of the molecule is CCOc1ccc(/C=C2\CCC[C@@H]3C2=NN(C(=O)c2cccc(Br)c2)[C@@H]3c2ccc(OCC)cc2)cc1. The summed E-state index contributed by atoms with van der Waals surface area (Å²) < 4.78 is 12.1. The number of fused-ring (bicyclic) bond motifs is 1. The molecule has 0 saturated heterocycles. The van der Waals surface area contributed by atoms with Gasteiger partial charge in [0.05, 0.1) is 25.0 Å². The number of benzene rings is 3. The van der Waals surface area contributed by atoms with E-state index in [4.69, 9.17) is 14.6 Å². The van der Waals surface area contributed by atoms with Gasteiger partial charge in [-0.2, -0.15) is 5.10 Å². The van der Waals surface area contributed by atoms with Crippen molar-refractivity contribution in [3.63, 3.8) is 0 Å². The maximum atomic E-state index is 13.8. The quantitative estimate of drug-likeness (QED) is 0.298. The van der Waals surface area contributed by atoms with Crippen LogP contribution >= 0.6 is 15.9 Å². The minimum absolute atomic E-state index is 0.0949. The molecule has 0 aromatic heterocycles. The Kier molecular flexibility index (Phi) is 7.75. The van der Waals surface area contributed by atoms with Gasteiger partial charge < -0.3 is 9.47 Å². The van der Waals surface area contributed by atoms with Crippen LogP contribution in [0.5, 0.6) is 11.5 Å². The molecule has 0 bridgehead atoms. The monoisotopic (exact) mass is 558 g/mol. The number of carbonyl (C=O) groups excluding carboxylic acids is 1. The van der Waals surface area contributed by atoms with E-state index in [-0.39, 0.29) is 17.9 Å². The molecule has 1 aliphatic heterocycles. The van der Waals surface area contributed by atoms with E-state index in [9.17, 15) is 4.79 Å². The molecule has 1 heterocycles. The fraction of sp³-hybridized carbons (Fsp3) is 0.290. The minimum Gasteiger partial charge on any atom is -0.494 e. The lowest BCUT2D eigenvalue weighted by Gasteiger charge is -2.30. The van der Waals surface area contributed by atoms with E-state index in [1.807, 2.05) is 62.4 Å². The molecule has 6 heteroatoms. The topological polar surface area (TPSA) is 51.1 Å². The fourth-order valence-electron chi connectivity index (χ4n) is 5.21. The van der Waals surface area contributed by atoms with Crippen LogP contribution < -0.4 is 9.47 Å². The Balaban J connectivity index is 1.52. The summed E-state index contributed by atoms with van der Waals surface area (Å²) in [7, 11) is 0. The molecule has 0 N–H and O–H groups in total. The molecule has 0 unspecified atom stereocenters. The summed E-state index contributed by atoms with van der Waals surface area (Å²) in [5.41, 5.74) is 5.00. The second-order valence-corrected chi connectivity index (χ2v) is 10.2. The molecule has 5 nitrogen and oxygen atoms in total. The fourth-order valence-corrected chi connectivity index (χ4v) is 5.61. The number of hydrogen-bond donors (Lipinski definition) is 0. The molecule has 2 aliphatic rings. The summed E-state index contributed by atoms with van der Waals surface area (Å²) in [6.07, 6.45) is 5.19. The van der Waals surface area contributed by atoms with Crippen molar-refractivity contribution in [1.82, 2.24) is 5.01 Å². The Labute approximate surface area is 226 Å². The molecule has 0 radical (unpaired) electrons. The van der Waals surface area contributed by atoms with E-state index >= 15 is 0 Å². The zero-order chi connectivity index (χ0) is 25.8. The summed E-state index contributed by atoms with van der Waals surface area (Å²) in [6.45, 7) is 5.22. The van der Waals surface area contributed by atoms with Gasteiger partial charge in [-0.1, -0.05) is 46.3 Å². The van der Waals surface area contributed by atoms with Crippen LogP contribution in [0.1, 0.15) is 60.6 Å². The smallest absolute Gasteiger partial charge is 0.274 e. The van der Waals surface area contributed by atoms with Crippen LogP contribution in [0.4, 0.5) is 0 Å². The molecule has 2 atom stereocenters. The summed E-state index contributed by atoms with van der Waals surface area (Å²) >= 11 is 3.51. The van der Waals surface area contributed by atoms with E-state index in [0.29, 0.717) is 18.8 Å². The molecule has 1 amide bonds. The predicted octanol–water partition coefficient (Wildman–Crippen LogP) is 7.68. The second kappa shape index (κ2) is 11.3. The number of nitrogens with zero attached hydrogens (tertiary/aromatic N) is 2. The molecule has 3 aromatic rings. The number of rotatable bonds is 7. The Morgan fingerprint density at radius 1 is 1.00 bits per heavy atom. The van der Waals surface area contributed by atoms with E-state index in [0.717, 1.165) is 52.1 Å². The first-order chi connectivity index (χ1) is 18.1. The van der Waals surface area contributed by atoms with Crippen molar-refractivity contribution in [2.45, 2.75) is 39.2 Å². The third-order valence-electron chi connectivity index (χ3n) is 6.85. The Morgan fingerprint density at radius 2 is 1.68 bits per heavy atom. The third-order valence-corrected chi connectivity index (χ3v) is 7.34. The highest BCUT2D eigenvalue weighted by atomic mass is 79.9. The lowest BCUT2D eigenvalue weighted by Crippen LogP contribution is -2.31. The van der Waals surface area contributed by atoms with Gasteiger partial charge in [-0.3, -0.25) is 4.79 Å². The van der Waals surface area contributed by atoms with Crippen molar-refractivity contribution in [3.05, 3.63) is 99.5 Å². The predicted molar refractivity (Wildman–Crippen MR) is 151 cm³/mol. The lowest BCUT2D eigenvalue weighted by atomic mass is 9.77. The van der Waals surface area contributed by atoms with Crippen molar-refractivity contribution in [2.24, 2.45) is 11.0 Å². The zero-order valence-corrected chi connectivity index (χ0v) is 22.8. The van der Waals surface area contributed by atoms with E-state index in [2.05, 4.69) is 46.3 Å². The van der Waals surface area contributed by atoms with Crippen LogP contribution in [0.15, 0.2) is 87.9 Å². The first-order valence-electron chi connectivity index (χ1n) is 12.9. The van der Waals surface area contributed by atoms with Gasteiger partial charge in [0.15, 0.2) is 0 Å². The van der Waals surface area contributed by atoms with Gasteiger partial charge in [-0.25, -0.2) is 5.01 Å². The molecule has 3 aromatic carbocycles. The normalized spacial score (nSPS) is 19.9. The number of hydrazone groups is 1. The molecule has 1 aliphatic carbocycles. The molecule has 37 heavy (non-hydrogen) atoms. The highest BCUT2D eigenvalue weighted by molar-refractivity contribution is 9.10. The van der Waals surface area contributed by atoms with Crippen molar-refractivity contribution < 1.29 is 14.3 Å². The standard InChI is InChI=1S/C31H31BrN2O3/c1-3-36-26-15-11-21(12-16-26)19-23-7-6-10-28-29(23)33-34(31(35)24-8-5-9-25(32)20-24)30(28)22-13-17-27(18-14-22)37-4-2/h5,8-9,11-20,28,30H,3-4,6-7,10H2,1-2H3/b23-19+/t28-,30-/m1/s1. The highest BCUT2D eigenvalue weighted by Crippen LogP contribution is 2.45. The number of amides is 1. The molecule has 1 fully saturated rings. The summed E-state index contributed by atoms with van der Waals surface area (Å²) in [6, 6.07) is 23.6. The Bertz CT molecular complexity index is 1320. The number of halogens is 1. The number of carbonyl (C=O) groups is 1. The minimum atomic E-state index is -0.166. The van der Waals surface area contributed by atoms with Crippen molar-refractivity contribution in [3.8, 4) is 11.5 Å². The average molecular weight is 560 g/mol. The van der Waals surface area contributed by atoms with Crippen molar-refractivity contribution in [1.29, 1.82) is 0 Å². The van der Waals surface area contributed by atoms with Crippen molar-refractivity contribution >= 4 is 33.6 Å². The Hall–Kier alpha value is -3.38. The maximum absolute atomic E-state index is 13.8. The van der Waals surface area contributed by atoms with Crippen LogP contribution in [0.3, 0.4) is 0 Å². The van der Waals surface area contributed by atoms with Crippen LogP contribution in [0, 0.1) is 5.92 Å². The summed E-state index contributed by atoms with van der Waals surface area (Å²) in [4.78, 5) is 13.8. The number of hydrogen-bond acceptors (Lipinski definition) is 4. The number of allylic oxidation sites excluding steroid dienone is 1. The van der Waals surface area contributed by atoms with Gasteiger partial charge >= 0.3 is 0 Å². The van der Waals surface area contributed by atoms with Crippen LogP contribution in [0.2, 0.25) is 0 Å². The van der Waals surface area contributed by atoms with Gasteiger partial charge in [0.1, 0.15) is 11.5 Å². The lowest BCUT2D eigenvalue weighted by molar-refractivity contribution is 0.0680. The van der Waals surface area contributed by atoms with Gasteiger partial charge in [-0.05, 0) is 98.4 Å². The molecule has 1 saturated carbocycles. The van der Waals surface area contributed by atoms with Gasteiger partial charge in [0.2, 0.25) is 0 Å². The second-order valence-electron chi connectivity index (χ2n) is 9.26. The number of ether oxygens (including phenoxy) is 2. The van der Waals surface area contributed by atoms with Crippen molar-refractivity contribution in [2.75, 3.05) is 13.2 Å². The van der Waals surface area contributed by atoms with Crippen LogP contribution in [0.25, 0.3) is 6.08 Å². The summed E-state index contributed by atoms with van der Waals surface area (Å²) in [5.74, 6) is 1.74. The first kappa shape index (κ1) is 25.3. The molecule has 0 spiro atoms. The molecular formula is C31H31BrN2O3. The van der Waals surface area contributed by atoms with Crippen LogP contribution in [-0.4, -0.2) is 29.8 Å². The van der Waals surface area contributed by atoms with Crippen LogP contribution in [-0.2, 0) is 0 Å². The summed E-state index contributed by atoms with van der Waals surface area (Å²) in [5, 5.41) is 6.72. The van der Waals surface area contributed by atoms with Gasteiger partial charge in [-0.15, -0.1) is 0 Å². The Morgan fingerprint density at radius 3 is 2.32 bits per heavy atom. The molecule has 5 rings (SSSR count). The van der Waals surface area contributed by atoms with E-state index in [1.54, 1.807) is 5.01 Å². The zero-order valence-electron chi connectivity index (χ0n) is 21.2. The maximum Gasteiger partial charge on any atom is 0.274 e. The van der Waals surface area contributed by atoms with Gasteiger partial charge in [0, 0.05) is 16.0 Å². The molecule has 190 valence electrons. The van der Waals surface area contributed by atoms with E-state index < -0.39 is 0 Å². The third kappa shape index (κ3) is 5.49. The molecular weight excluding hydrogens is 528 g/mol. The first-order valence-corrected chi connectivity index (χ1v) is 13.7. The highest BCUT2D eigenvalue weighted by Gasteiger charge is 2.44. The van der Waals surface area contributed by atoms with Gasteiger partial charge in [0.25, 0.3) is 5.91 Å².